The molecule has 0 N–H and O–H groups in total. The van der Waals surface area contributed by atoms with Gasteiger partial charge in [0.15, 0.2) is 0 Å². The summed E-state index contributed by atoms with van der Waals surface area (Å²) < 4.78 is 0. The summed E-state index contributed by atoms with van der Waals surface area (Å²) in [5.74, 6) is 0.793. The first-order valence-corrected chi connectivity index (χ1v) is 10.2. The maximum atomic E-state index is 2.44. The second kappa shape index (κ2) is 6.34. The lowest BCUT2D eigenvalue weighted by atomic mass is 9.84. The molecule has 2 aliphatic rings. The smallest absolute Gasteiger partial charge is 0.0253 e. The molecule has 0 heterocycles. The Balaban J connectivity index is 1.84. The van der Waals surface area contributed by atoms with E-state index in [0.717, 1.165) is 0 Å². The van der Waals surface area contributed by atoms with Gasteiger partial charge in [0.25, 0.3) is 0 Å². The predicted molar refractivity (Wildman–Crippen MR) is 119 cm³/mol. The molecule has 2 unspecified atom stereocenters. The summed E-state index contributed by atoms with van der Waals surface area (Å²) in [6.07, 6.45) is 4.88. The summed E-state index contributed by atoms with van der Waals surface area (Å²) in [7, 11) is 0. The molecule has 0 saturated heterocycles. The molecule has 28 heavy (non-hydrogen) atoms. The monoisotopic (exact) mass is 362 g/mol. The fourth-order valence-electron chi connectivity index (χ4n) is 5.32. The molecule has 3 aromatic carbocycles. The highest BCUT2D eigenvalue weighted by molar-refractivity contribution is 5.88. The SMILES string of the molecule is Cc1c(C)c(C)c2c(c1C)C1C=CC2C1=C(c1ccccc1)c1ccccc1. The quantitative estimate of drug-likeness (QED) is 0.424. The molecule has 5 rings (SSSR count). The van der Waals surface area contributed by atoms with E-state index in [2.05, 4.69) is 101 Å². The van der Waals surface area contributed by atoms with Gasteiger partial charge in [-0.3, -0.25) is 0 Å². The molecule has 138 valence electrons. The molecule has 0 heteroatoms. The number of hydrogen-bond acceptors (Lipinski definition) is 0. The number of allylic oxidation sites excluding steroid dienone is 3. The van der Waals surface area contributed by atoms with Crippen LogP contribution >= 0.6 is 0 Å². The Morgan fingerprint density at radius 1 is 0.536 bits per heavy atom. The average molecular weight is 363 g/mol. The molecular formula is C28H26. The predicted octanol–water partition coefficient (Wildman–Crippen LogP) is 7.17. The summed E-state index contributed by atoms with van der Waals surface area (Å²) in [6.45, 7) is 9.20. The minimum absolute atomic E-state index is 0.397. The van der Waals surface area contributed by atoms with Gasteiger partial charge in [0.05, 0.1) is 0 Å². The van der Waals surface area contributed by atoms with E-state index < -0.39 is 0 Å². The van der Waals surface area contributed by atoms with E-state index in [0.29, 0.717) is 11.8 Å². The fourth-order valence-corrected chi connectivity index (χ4v) is 5.32. The lowest BCUT2D eigenvalue weighted by Crippen LogP contribution is -2.04. The molecule has 2 aliphatic carbocycles. The van der Waals surface area contributed by atoms with Crippen molar-refractivity contribution in [1.82, 2.24) is 0 Å². The van der Waals surface area contributed by atoms with Crippen LogP contribution in [0.1, 0.15) is 56.3 Å². The molecule has 2 bridgehead atoms. The standard InChI is InChI=1S/C28H26/c1-17-18(2)20(4)26-24-16-15-23(25(26)19(17)3)28(24)27(21-11-7-5-8-12-21)22-13-9-6-10-14-22/h5-16,23-24H,1-4H3. The maximum absolute atomic E-state index is 2.44. The van der Waals surface area contributed by atoms with Crippen molar-refractivity contribution in [2.75, 3.05) is 0 Å². The molecule has 0 nitrogen and oxygen atoms in total. The molecular weight excluding hydrogens is 336 g/mol. The molecule has 0 saturated carbocycles. The Bertz CT molecular complexity index is 1040. The second-order valence-corrected chi connectivity index (χ2v) is 8.23. The highest BCUT2D eigenvalue weighted by Gasteiger charge is 2.42. The summed E-state index contributed by atoms with van der Waals surface area (Å²) in [4.78, 5) is 0. The van der Waals surface area contributed by atoms with Gasteiger partial charge in [0, 0.05) is 11.8 Å². The van der Waals surface area contributed by atoms with Crippen molar-refractivity contribution >= 4 is 5.57 Å². The summed E-state index contributed by atoms with van der Waals surface area (Å²) in [6, 6.07) is 21.9. The van der Waals surface area contributed by atoms with Crippen LogP contribution in [0, 0.1) is 27.7 Å². The Morgan fingerprint density at radius 3 is 1.32 bits per heavy atom. The first-order valence-electron chi connectivity index (χ1n) is 10.2. The molecule has 2 atom stereocenters. The first-order chi connectivity index (χ1) is 13.6. The van der Waals surface area contributed by atoms with Crippen LogP contribution in [0.5, 0.6) is 0 Å². The Kier molecular flexibility index (Phi) is 3.91. The highest BCUT2D eigenvalue weighted by Crippen LogP contribution is 2.58. The van der Waals surface area contributed by atoms with Gasteiger partial charge in [-0.2, -0.15) is 0 Å². The van der Waals surface area contributed by atoms with Gasteiger partial charge in [-0.15, -0.1) is 0 Å². The molecule has 0 fully saturated rings. The largest absolute Gasteiger partial charge is 0.0760 e. The van der Waals surface area contributed by atoms with Gasteiger partial charge >= 0.3 is 0 Å². The topological polar surface area (TPSA) is 0 Å². The second-order valence-electron chi connectivity index (χ2n) is 8.23. The van der Waals surface area contributed by atoms with Gasteiger partial charge < -0.3 is 0 Å². The van der Waals surface area contributed by atoms with Gasteiger partial charge in [0.1, 0.15) is 0 Å². The third kappa shape index (κ3) is 2.31. The zero-order valence-corrected chi connectivity index (χ0v) is 17.1. The van der Waals surface area contributed by atoms with Crippen molar-refractivity contribution in [2.45, 2.75) is 39.5 Å². The van der Waals surface area contributed by atoms with E-state index in [4.69, 9.17) is 0 Å². The van der Waals surface area contributed by atoms with Crippen molar-refractivity contribution in [2.24, 2.45) is 0 Å². The maximum Gasteiger partial charge on any atom is 0.0253 e. The van der Waals surface area contributed by atoms with E-state index >= 15 is 0 Å². The van der Waals surface area contributed by atoms with Crippen LogP contribution < -0.4 is 0 Å². The van der Waals surface area contributed by atoms with Gasteiger partial charge in [-0.1, -0.05) is 72.8 Å². The number of fused-ring (bicyclic) bond motifs is 5. The van der Waals surface area contributed by atoms with Crippen molar-refractivity contribution in [1.29, 1.82) is 0 Å². The van der Waals surface area contributed by atoms with Gasteiger partial charge in [-0.25, -0.2) is 0 Å². The van der Waals surface area contributed by atoms with E-state index in [1.165, 1.54) is 39.0 Å². The minimum Gasteiger partial charge on any atom is -0.0760 e. The molecule has 0 aromatic heterocycles. The van der Waals surface area contributed by atoms with Crippen LogP contribution in [0.15, 0.2) is 78.4 Å². The first kappa shape index (κ1) is 17.3. The summed E-state index contributed by atoms with van der Waals surface area (Å²) >= 11 is 0. The number of benzene rings is 3. The summed E-state index contributed by atoms with van der Waals surface area (Å²) in [5.41, 5.74) is 14.6. The Labute approximate surface area is 168 Å². The Morgan fingerprint density at radius 2 is 0.929 bits per heavy atom. The molecule has 0 radical (unpaired) electrons. The zero-order chi connectivity index (χ0) is 19.4. The van der Waals surface area contributed by atoms with Gasteiger partial charge in [-0.05, 0) is 83.3 Å². The van der Waals surface area contributed by atoms with Crippen molar-refractivity contribution in [3.63, 3.8) is 0 Å². The van der Waals surface area contributed by atoms with E-state index in [-0.39, 0.29) is 0 Å². The minimum atomic E-state index is 0.397. The van der Waals surface area contributed by atoms with Gasteiger partial charge in [0.2, 0.25) is 0 Å². The van der Waals surface area contributed by atoms with Crippen molar-refractivity contribution in [3.8, 4) is 0 Å². The fraction of sp³-hybridized carbons (Fsp3) is 0.214. The third-order valence-electron chi connectivity index (χ3n) is 6.99. The van der Waals surface area contributed by atoms with Crippen LogP contribution in [0.25, 0.3) is 5.57 Å². The molecule has 3 aromatic rings. The normalized spacial score (nSPS) is 19.2. The number of hydrogen-bond donors (Lipinski definition) is 0. The molecule has 0 amide bonds. The van der Waals surface area contributed by atoms with E-state index in [9.17, 15) is 0 Å². The van der Waals surface area contributed by atoms with Crippen LogP contribution in [-0.2, 0) is 0 Å². The third-order valence-corrected chi connectivity index (χ3v) is 6.99. The summed E-state index contributed by atoms with van der Waals surface area (Å²) in [5, 5.41) is 0. The van der Waals surface area contributed by atoms with E-state index in [1.807, 2.05) is 0 Å². The van der Waals surface area contributed by atoms with Crippen LogP contribution in [0.3, 0.4) is 0 Å². The Hall–Kier alpha value is -2.86. The van der Waals surface area contributed by atoms with Crippen molar-refractivity contribution in [3.05, 3.63) is 123 Å². The lowest BCUT2D eigenvalue weighted by molar-refractivity contribution is 1.03. The van der Waals surface area contributed by atoms with Crippen molar-refractivity contribution < 1.29 is 0 Å². The molecule has 0 aliphatic heterocycles. The number of rotatable bonds is 2. The van der Waals surface area contributed by atoms with Crippen LogP contribution in [0.2, 0.25) is 0 Å². The van der Waals surface area contributed by atoms with Crippen LogP contribution in [-0.4, -0.2) is 0 Å². The zero-order valence-electron chi connectivity index (χ0n) is 17.1. The lowest BCUT2D eigenvalue weighted by Gasteiger charge is -2.20. The van der Waals surface area contributed by atoms with Crippen LogP contribution in [0.4, 0.5) is 0 Å². The highest BCUT2D eigenvalue weighted by atomic mass is 14.5. The average Bonchev–Trinajstić information content (AvgIpc) is 3.28. The molecule has 0 spiro atoms. The van der Waals surface area contributed by atoms with E-state index in [1.54, 1.807) is 16.7 Å².